The van der Waals surface area contributed by atoms with E-state index in [1.54, 1.807) is 0 Å². The number of fused-ring (bicyclic) bond motifs is 1. The van der Waals surface area contributed by atoms with Gasteiger partial charge in [0.05, 0.1) is 0 Å². The van der Waals surface area contributed by atoms with Gasteiger partial charge in [0.15, 0.2) is 0 Å². The fraction of sp³-hybridized carbons (Fsp3) is 0.250. The zero-order chi connectivity index (χ0) is 6.97. The van der Waals surface area contributed by atoms with Gasteiger partial charge in [-0.15, -0.1) is 0 Å². The Bertz CT molecular complexity index is 255. The highest BCUT2D eigenvalue weighted by atomic mass is 14.9. The van der Waals surface area contributed by atoms with E-state index < -0.39 is 0 Å². The number of benzene rings is 1. The van der Waals surface area contributed by atoms with Crippen LogP contribution in [0.1, 0.15) is 11.1 Å². The normalized spacial score (nSPS) is 15.2. The minimum atomic E-state index is 0.808. The lowest BCUT2D eigenvalue weighted by atomic mass is 10.1. The Labute approximate surface area is 60.0 Å². The second-order valence-electron chi connectivity index (χ2n) is 2.52. The largest absolute Gasteiger partial charge is 0.398 e. The molecule has 0 spiro atoms. The van der Waals surface area contributed by atoms with Crippen LogP contribution in [-0.2, 0) is 13.1 Å². The molecule has 51 valence electrons. The average Bonchev–Trinajstić information content (AvgIpc) is 2.36. The van der Waals surface area contributed by atoms with Crippen LogP contribution in [0, 0.1) is 0 Å². The number of nitrogens with two attached hydrogens (primary N) is 1. The fourth-order valence-electron chi connectivity index (χ4n) is 1.28. The molecule has 0 unspecified atom stereocenters. The van der Waals surface area contributed by atoms with E-state index in [1.807, 2.05) is 12.1 Å². The van der Waals surface area contributed by atoms with Gasteiger partial charge in [-0.25, -0.2) is 5.32 Å². The summed E-state index contributed by atoms with van der Waals surface area (Å²) in [6.45, 7) is 1.66. The van der Waals surface area contributed by atoms with Crippen molar-refractivity contribution in [2.75, 3.05) is 5.73 Å². The number of rotatable bonds is 0. The van der Waals surface area contributed by atoms with Crippen LogP contribution in [0.15, 0.2) is 18.2 Å². The Balaban J connectivity index is 2.59. The van der Waals surface area contributed by atoms with Gasteiger partial charge in [-0.1, -0.05) is 12.1 Å². The van der Waals surface area contributed by atoms with Crippen LogP contribution in [0.25, 0.3) is 0 Å². The van der Waals surface area contributed by atoms with E-state index >= 15 is 0 Å². The van der Waals surface area contributed by atoms with E-state index in [0.717, 1.165) is 18.8 Å². The highest BCUT2D eigenvalue weighted by molar-refractivity contribution is 5.52. The van der Waals surface area contributed by atoms with Crippen LogP contribution in [-0.4, -0.2) is 0 Å². The maximum atomic E-state index is 5.71. The summed E-state index contributed by atoms with van der Waals surface area (Å²) >= 11 is 0. The smallest absolute Gasteiger partial charge is 0.0411 e. The molecule has 2 heteroatoms. The molecular formula is C8H9N2. The van der Waals surface area contributed by atoms with E-state index in [4.69, 9.17) is 5.73 Å². The van der Waals surface area contributed by atoms with Gasteiger partial charge in [-0.2, -0.15) is 0 Å². The van der Waals surface area contributed by atoms with E-state index in [9.17, 15) is 0 Å². The molecule has 0 bridgehead atoms. The van der Waals surface area contributed by atoms with E-state index in [2.05, 4.69) is 11.4 Å². The highest BCUT2D eigenvalue weighted by Gasteiger charge is 2.11. The Morgan fingerprint density at radius 1 is 1.30 bits per heavy atom. The third-order valence-electron chi connectivity index (χ3n) is 1.86. The molecule has 1 aliphatic heterocycles. The molecule has 0 atom stereocenters. The van der Waals surface area contributed by atoms with Crippen molar-refractivity contribution < 1.29 is 0 Å². The number of hydrogen-bond donors (Lipinski definition) is 1. The molecule has 2 rings (SSSR count). The van der Waals surface area contributed by atoms with Crippen molar-refractivity contribution in [1.82, 2.24) is 5.32 Å². The minimum absolute atomic E-state index is 0.808. The molecule has 1 aromatic rings. The molecule has 0 saturated heterocycles. The van der Waals surface area contributed by atoms with Crippen molar-refractivity contribution in [3.63, 3.8) is 0 Å². The molecule has 1 aromatic carbocycles. The molecule has 10 heavy (non-hydrogen) atoms. The molecule has 1 heterocycles. The van der Waals surface area contributed by atoms with Gasteiger partial charge in [-0.05, 0) is 17.2 Å². The summed E-state index contributed by atoms with van der Waals surface area (Å²) in [6.07, 6.45) is 0. The summed E-state index contributed by atoms with van der Waals surface area (Å²) in [5.74, 6) is 0. The standard InChI is InChI=1S/C8H9N2/c9-8-3-1-2-6-4-10-5-7(6)8/h1-3H,4-5,9H2. The zero-order valence-electron chi connectivity index (χ0n) is 5.67. The third kappa shape index (κ3) is 0.693. The molecule has 1 aliphatic rings. The van der Waals surface area contributed by atoms with Crippen LogP contribution in [0.2, 0.25) is 0 Å². The van der Waals surface area contributed by atoms with Crippen molar-refractivity contribution in [2.24, 2.45) is 0 Å². The average molecular weight is 133 g/mol. The van der Waals surface area contributed by atoms with Gasteiger partial charge in [0.25, 0.3) is 0 Å². The van der Waals surface area contributed by atoms with Gasteiger partial charge in [0, 0.05) is 18.8 Å². The predicted molar refractivity (Wildman–Crippen MR) is 40.4 cm³/mol. The first kappa shape index (κ1) is 5.74. The van der Waals surface area contributed by atoms with Gasteiger partial charge < -0.3 is 5.73 Å². The first-order chi connectivity index (χ1) is 4.88. The molecule has 0 amide bonds. The molecule has 0 aromatic heterocycles. The van der Waals surface area contributed by atoms with Gasteiger partial charge in [0.2, 0.25) is 0 Å². The SMILES string of the molecule is Nc1cccc2c1C[N]C2. The van der Waals surface area contributed by atoms with E-state index in [1.165, 1.54) is 11.1 Å². The maximum Gasteiger partial charge on any atom is 0.0411 e. The predicted octanol–water partition coefficient (Wildman–Crippen LogP) is 0.887. The summed E-state index contributed by atoms with van der Waals surface area (Å²) in [7, 11) is 0. The first-order valence-corrected chi connectivity index (χ1v) is 3.37. The molecular weight excluding hydrogens is 124 g/mol. The molecule has 0 fully saturated rings. The van der Waals surface area contributed by atoms with Crippen molar-refractivity contribution in [2.45, 2.75) is 13.1 Å². The summed E-state index contributed by atoms with van der Waals surface area (Å²) in [5.41, 5.74) is 9.12. The maximum absolute atomic E-state index is 5.71. The second-order valence-corrected chi connectivity index (χ2v) is 2.52. The Kier molecular flexibility index (Phi) is 1.14. The monoisotopic (exact) mass is 133 g/mol. The van der Waals surface area contributed by atoms with Crippen molar-refractivity contribution in [3.05, 3.63) is 29.3 Å². The lowest BCUT2D eigenvalue weighted by molar-refractivity contribution is 0.746. The Morgan fingerprint density at radius 2 is 2.20 bits per heavy atom. The van der Waals surface area contributed by atoms with Gasteiger partial charge in [0.1, 0.15) is 0 Å². The summed E-state index contributed by atoms with van der Waals surface area (Å²) < 4.78 is 0. The van der Waals surface area contributed by atoms with Crippen molar-refractivity contribution in [1.29, 1.82) is 0 Å². The van der Waals surface area contributed by atoms with Gasteiger partial charge in [-0.3, -0.25) is 0 Å². The highest BCUT2D eigenvalue weighted by Crippen LogP contribution is 2.21. The topological polar surface area (TPSA) is 40.1 Å². The summed E-state index contributed by atoms with van der Waals surface area (Å²) in [5, 5.41) is 4.23. The fourth-order valence-corrected chi connectivity index (χ4v) is 1.28. The first-order valence-electron chi connectivity index (χ1n) is 3.37. The van der Waals surface area contributed by atoms with Crippen molar-refractivity contribution >= 4 is 5.69 Å². The lowest BCUT2D eigenvalue weighted by Gasteiger charge is -1.99. The van der Waals surface area contributed by atoms with Crippen LogP contribution in [0.4, 0.5) is 5.69 Å². The van der Waals surface area contributed by atoms with E-state index in [0.29, 0.717) is 0 Å². The molecule has 0 saturated carbocycles. The third-order valence-corrected chi connectivity index (χ3v) is 1.86. The van der Waals surface area contributed by atoms with Crippen LogP contribution < -0.4 is 11.1 Å². The van der Waals surface area contributed by atoms with Crippen LogP contribution >= 0.6 is 0 Å². The molecule has 1 radical (unpaired) electrons. The zero-order valence-corrected chi connectivity index (χ0v) is 5.67. The second kappa shape index (κ2) is 1.99. The number of nitrogen functional groups attached to an aromatic ring is 1. The van der Waals surface area contributed by atoms with Crippen LogP contribution in [0.5, 0.6) is 0 Å². The Morgan fingerprint density at radius 3 is 3.00 bits per heavy atom. The quantitative estimate of drug-likeness (QED) is 0.524. The number of anilines is 1. The Hall–Kier alpha value is -1.02. The van der Waals surface area contributed by atoms with E-state index in [-0.39, 0.29) is 0 Å². The molecule has 2 N–H and O–H groups in total. The number of nitrogens with zero attached hydrogens (tertiary/aromatic N) is 1. The van der Waals surface area contributed by atoms with Crippen LogP contribution in [0.3, 0.4) is 0 Å². The molecule has 2 nitrogen and oxygen atoms in total. The van der Waals surface area contributed by atoms with Gasteiger partial charge >= 0.3 is 0 Å². The van der Waals surface area contributed by atoms with Crippen molar-refractivity contribution in [3.8, 4) is 0 Å². The molecule has 0 aliphatic carbocycles. The summed E-state index contributed by atoms with van der Waals surface area (Å²) in [4.78, 5) is 0. The minimum Gasteiger partial charge on any atom is -0.398 e. The lowest BCUT2D eigenvalue weighted by Crippen LogP contribution is -1.93. The summed E-state index contributed by atoms with van der Waals surface area (Å²) in [6, 6.07) is 6.00. The number of hydrogen-bond acceptors (Lipinski definition) is 1.